The van der Waals surface area contributed by atoms with Crippen LogP contribution in [0.25, 0.3) is 0 Å². The van der Waals surface area contributed by atoms with E-state index in [9.17, 15) is 0 Å². The highest BCUT2D eigenvalue weighted by Crippen LogP contribution is 2.15. The standard InChI is InChI=1S/C15H25NO2/c1-4-15(2,3)18-10-6-9-17-14-8-5-7-13(11-14)12-16/h5,7-8,11H,4,6,9-10,12,16H2,1-3H3. The summed E-state index contributed by atoms with van der Waals surface area (Å²) in [6.45, 7) is 8.31. The highest BCUT2D eigenvalue weighted by atomic mass is 16.5. The van der Waals surface area contributed by atoms with Gasteiger partial charge in [0.2, 0.25) is 0 Å². The zero-order chi connectivity index (χ0) is 13.4. The van der Waals surface area contributed by atoms with Gasteiger partial charge in [0.25, 0.3) is 0 Å². The summed E-state index contributed by atoms with van der Waals surface area (Å²) < 4.78 is 11.4. The molecule has 0 radical (unpaired) electrons. The summed E-state index contributed by atoms with van der Waals surface area (Å²) in [6.07, 6.45) is 1.92. The number of benzene rings is 1. The molecule has 0 amide bonds. The van der Waals surface area contributed by atoms with Crippen LogP contribution in [0, 0.1) is 0 Å². The van der Waals surface area contributed by atoms with Crippen molar-refractivity contribution in [2.24, 2.45) is 5.73 Å². The van der Waals surface area contributed by atoms with Crippen LogP contribution in [0.2, 0.25) is 0 Å². The van der Waals surface area contributed by atoms with E-state index in [1.165, 1.54) is 0 Å². The van der Waals surface area contributed by atoms with Gasteiger partial charge in [-0.05, 0) is 38.0 Å². The van der Waals surface area contributed by atoms with E-state index >= 15 is 0 Å². The largest absolute Gasteiger partial charge is 0.493 e. The van der Waals surface area contributed by atoms with Crippen LogP contribution < -0.4 is 10.5 Å². The molecule has 0 aliphatic carbocycles. The van der Waals surface area contributed by atoms with Crippen LogP contribution in [-0.4, -0.2) is 18.8 Å². The monoisotopic (exact) mass is 251 g/mol. The molecule has 0 aliphatic heterocycles. The average Bonchev–Trinajstić information content (AvgIpc) is 2.38. The van der Waals surface area contributed by atoms with E-state index < -0.39 is 0 Å². The normalized spacial score (nSPS) is 11.6. The summed E-state index contributed by atoms with van der Waals surface area (Å²) in [5.74, 6) is 0.882. The van der Waals surface area contributed by atoms with Crippen molar-refractivity contribution in [1.82, 2.24) is 0 Å². The lowest BCUT2D eigenvalue weighted by Gasteiger charge is -2.23. The first-order chi connectivity index (χ1) is 8.57. The van der Waals surface area contributed by atoms with Crippen molar-refractivity contribution in [3.63, 3.8) is 0 Å². The molecule has 0 fully saturated rings. The molecule has 0 aromatic heterocycles. The average molecular weight is 251 g/mol. The number of rotatable bonds is 8. The molecule has 0 saturated carbocycles. The Morgan fingerprint density at radius 3 is 2.67 bits per heavy atom. The minimum Gasteiger partial charge on any atom is -0.493 e. The van der Waals surface area contributed by atoms with Gasteiger partial charge in [0.15, 0.2) is 0 Å². The van der Waals surface area contributed by atoms with Gasteiger partial charge in [-0.1, -0.05) is 19.1 Å². The zero-order valence-corrected chi connectivity index (χ0v) is 11.7. The molecule has 3 heteroatoms. The molecule has 1 aromatic rings. The first kappa shape index (κ1) is 15.0. The molecule has 2 N–H and O–H groups in total. The maximum absolute atomic E-state index is 5.76. The molecule has 0 atom stereocenters. The molecule has 0 aliphatic rings. The van der Waals surface area contributed by atoms with E-state index in [1.807, 2.05) is 24.3 Å². The molecule has 102 valence electrons. The van der Waals surface area contributed by atoms with E-state index in [-0.39, 0.29) is 5.60 Å². The Bertz CT molecular complexity index is 350. The quantitative estimate of drug-likeness (QED) is 0.722. The van der Waals surface area contributed by atoms with Crippen molar-refractivity contribution in [3.8, 4) is 5.75 Å². The minimum absolute atomic E-state index is 0.0283. The molecule has 0 heterocycles. The molecule has 0 spiro atoms. The molecule has 0 unspecified atom stereocenters. The second-order valence-electron chi connectivity index (χ2n) is 5.02. The number of hydrogen-bond donors (Lipinski definition) is 1. The van der Waals surface area contributed by atoms with Gasteiger partial charge in [-0.25, -0.2) is 0 Å². The maximum Gasteiger partial charge on any atom is 0.119 e. The Balaban J connectivity index is 2.21. The van der Waals surface area contributed by atoms with E-state index in [0.717, 1.165) is 30.8 Å². The predicted molar refractivity (Wildman–Crippen MR) is 74.8 cm³/mol. The zero-order valence-electron chi connectivity index (χ0n) is 11.7. The lowest BCUT2D eigenvalue weighted by atomic mass is 10.1. The van der Waals surface area contributed by atoms with E-state index in [2.05, 4.69) is 20.8 Å². The third-order valence-corrected chi connectivity index (χ3v) is 3.04. The second kappa shape index (κ2) is 7.39. The molecule has 3 nitrogen and oxygen atoms in total. The fourth-order valence-corrected chi connectivity index (χ4v) is 1.46. The lowest BCUT2D eigenvalue weighted by molar-refractivity contribution is -0.0241. The molecule has 1 rings (SSSR count). The maximum atomic E-state index is 5.76. The van der Waals surface area contributed by atoms with Gasteiger partial charge in [0.1, 0.15) is 5.75 Å². The lowest BCUT2D eigenvalue weighted by Crippen LogP contribution is -2.24. The topological polar surface area (TPSA) is 44.5 Å². The second-order valence-corrected chi connectivity index (χ2v) is 5.02. The van der Waals surface area contributed by atoms with Gasteiger partial charge in [0.05, 0.1) is 18.8 Å². The number of ether oxygens (including phenoxy) is 2. The SMILES string of the molecule is CCC(C)(C)OCCCOc1cccc(CN)c1. The first-order valence-electron chi connectivity index (χ1n) is 6.63. The van der Waals surface area contributed by atoms with Gasteiger partial charge < -0.3 is 15.2 Å². The highest BCUT2D eigenvalue weighted by molar-refractivity contribution is 5.28. The van der Waals surface area contributed by atoms with Crippen LogP contribution in [0.3, 0.4) is 0 Å². The van der Waals surface area contributed by atoms with Crippen LogP contribution in [0.5, 0.6) is 5.75 Å². The van der Waals surface area contributed by atoms with Crippen LogP contribution in [-0.2, 0) is 11.3 Å². The van der Waals surface area contributed by atoms with E-state index in [1.54, 1.807) is 0 Å². The summed E-state index contributed by atoms with van der Waals surface area (Å²) in [6, 6.07) is 7.90. The molecule has 0 bridgehead atoms. The highest BCUT2D eigenvalue weighted by Gasteiger charge is 2.14. The van der Waals surface area contributed by atoms with Gasteiger partial charge >= 0.3 is 0 Å². The van der Waals surface area contributed by atoms with Crippen molar-refractivity contribution >= 4 is 0 Å². The van der Waals surface area contributed by atoms with Crippen LogP contribution in [0.4, 0.5) is 0 Å². The molecule has 18 heavy (non-hydrogen) atoms. The van der Waals surface area contributed by atoms with Crippen LogP contribution in [0.15, 0.2) is 24.3 Å². The summed E-state index contributed by atoms with van der Waals surface area (Å²) in [4.78, 5) is 0. The Labute approximate surface area is 110 Å². The Kier molecular flexibility index (Phi) is 6.16. The fourth-order valence-electron chi connectivity index (χ4n) is 1.46. The third-order valence-electron chi connectivity index (χ3n) is 3.04. The number of nitrogens with two attached hydrogens (primary N) is 1. The van der Waals surface area contributed by atoms with E-state index in [0.29, 0.717) is 13.2 Å². The van der Waals surface area contributed by atoms with Crippen molar-refractivity contribution in [2.75, 3.05) is 13.2 Å². The fraction of sp³-hybridized carbons (Fsp3) is 0.600. The van der Waals surface area contributed by atoms with Crippen molar-refractivity contribution in [3.05, 3.63) is 29.8 Å². The first-order valence-corrected chi connectivity index (χ1v) is 6.63. The Morgan fingerprint density at radius 2 is 2.00 bits per heavy atom. The van der Waals surface area contributed by atoms with Gasteiger partial charge in [-0.2, -0.15) is 0 Å². The van der Waals surface area contributed by atoms with Crippen LogP contribution >= 0.6 is 0 Å². The Morgan fingerprint density at radius 1 is 1.22 bits per heavy atom. The predicted octanol–water partition coefficient (Wildman–Crippen LogP) is 3.12. The van der Waals surface area contributed by atoms with Crippen molar-refractivity contribution < 1.29 is 9.47 Å². The minimum atomic E-state index is -0.0283. The smallest absolute Gasteiger partial charge is 0.119 e. The summed E-state index contributed by atoms with van der Waals surface area (Å²) in [7, 11) is 0. The van der Waals surface area contributed by atoms with Gasteiger partial charge in [0, 0.05) is 13.0 Å². The van der Waals surface area contributed by atoms with Crippen molar-refractivity contribution in [1.29, 1.82) is 0 Å². The van der Waals surface area contributed by atoms with Crippen molar-refractivity contribution in [2.45, 2.75) is 45.8 Å². The van der Waals surface area contributed by atoms with E-state index in [4.69, 9.17) is 15.2 Å². The summed E-state index contributed by atoms with van der Waals surface area (Å²) >= 11 is 0. The molecular weight excluding hydrogens is 226 g/mol. The molecule has 1 aromatic carbocycles. The third kappa shape index (κ3) is 5.52. The molecular formula is C15H25NO2. The summed E-state index contributed by atoms with van der Waals surface area (Å²) in [5, 5.41) is 0. The van der Waals surface area contributed by atoms with Crippen LogP contribution in [0.1, 0.15) is 39.2 Å². The van der Waals surface area contributed by atoms with Gasteiger partial charge in [-0.15, -0.1) is 0 Å². The number of hydrogen-bond acceptors (Lipinski definition) is 3. The van der Waals surface area contributed by atoms with Gasteiger partial charge in [-0.3, -0.25) is 0 Å². The summed E-state index contributed by atoms with van der Waals surface area (Å²) in [5.41, 5.74) is 6.65. The Hall–Kier alpha value is -1.06. The molecule has 0 saturated heterocycles.